The predicted octanol–water partition coefficient (Wildman–Crippen LogP) is 3.45. The van der Waals surface area contributed by atoms with Crippen LogP contribution < -0.4 is 0 Å². The molecule has 0 aliphatic heterocycles. The molecule has 0 saturated carbocycles. The van der Waals surface area contributed by atoms with E-state index in [2.05, 4.69) is 6.92 Å². The predicted molar refractivity (Wildman–Crippen MR) is 60.1 cm³/mol. The van der Waals surface area contributed by atoms with Crippen molar-refractivity contribution in [2.45, 2.75) is 32.1 Å². The van der Waals surface area contributed by atoms with Crippen LogP contribution in [-0.2, 0) is 6.42 Å². The molecule has 0 amide bonds. The Labute approximate surface area is 90.1 Å². The van der Waals surface area contributed by atoms with Crippen molar-refractivity contribution in [1.82, 2.24) is 0 Å². The minimum Gasteiger partial charge on any atom is -0.293 e. The van der Waals surface area contributed by atoms with Gasteiger partial charge in [-0.05, 0) is 18.9 Å². The zero-order valence-corrected chi connectivity index (χ0v) is 9.34. The average Bonchev–Trinajstić information content (AvgIpc) is 2.18. The first-order valence-electron chi connectivity index (χ1n) is 4.92. The third-order valence-electron chi connectivity index (χ3n) is 2.14. The lowest BCUT2D eigenvalue weighted by Crippen LogP contribution is -2.10. The van der Waals surface area contributed by atoms with E-state index in [4.69, 9.17) is 11.6 Å². The van der Waals surface area contributed by atoms with Gasteiger partial charge in [-0.3, -0.25) is 4.79 Å². The van der Waals surface area contributed by atoms with Gasteiger partial charge in [0.15, 0.2) is 5.78 Å². The van der Waals surface area contributed by atoms with Crippen molar-refractivity contribution in [2.24, 2.45) is 0 Å². The van der Waals surface area contributed by atoms with E-state index in [1.165, 1.54) is 5.56 Å². The van der Waals surface area contributed by atoms with Gasteiger partial charge in [0.1, 0.15) is 0 Å². The number of ketones is 1. The van der Waals surface area contributed by atoms with E-state index in [0.717, 1.165) is 12.8 Å². The molecule has 0 saturated heterocycles. The maximum Gasteiger partial charge on any atom is 0.180 e. The summed E-state index contributed by atoms with van der Waals surface area (Å²) in [5, 5.41) is -0.438. The first-order valence-corrected chi connectivity index (χ1v) is 5.36. The third-order valence-corrected chi connectivity index (χ3v) is 2.34. The van der Waals surface area contributed by atoms with Gasteiger partial charge in [-0.25, -0.2) is 0 Å². The summed E-state index contributed by atoms with van der Waals surface area (Å²) in [7, 11) is 0. The van der Waals surface area contributed by atoms with E-state index in [1.54, 1.807) is 6.92 Å². The number of hydrogen-bond donors (Lipinski definition) is 0. The fraction of sp³-hybridized carbons (Fsp3) is 0.417. The van der Waals surface area contributed by atoms with E-state index in [9.17, 15) is 4.79 Å². The molecule has 0 spiro atoms. The highest BCUT2D eigenvalue weighted by Crippen LogP contribution is 2.11. The van der Waals surface area contributed by atoms with Gasteiger partial charge in [-0.15, -0.1) is 11.6 Å². The minimum absolute atomic E-state index is 0.00489. The maximum absolute atomic E-state index is 11.5. The summed E-state index contributed by atoms with van der Waals surface area (Å²) in [5.74, 6) is -0.00489. The van der Waals surface area contributed by atoms with Gasteiger partial charge in [-0.1, -0.05) is 37.6 Å². The van der Waals surface area contributed by atoms with Crippen LogP contribution in [0.25, 0.3) is 0 Å². The Morgan fingerprint density at radius 1 is 1.36 bits per heavy atom. The molecule has 0 heterocycles. The Morgan fingerprint density at radius 3 is 2.36 bits per heavy atom. The Kier molecular flexibility index (Phi) is 4.15. The van der Waals surface area contributed by atoms with Crippen LogP contribution in [0.4, 0.5) is 0 Å². The molecule has 1 aromatic rings. The van der Waals surface area contributed by atoms with Gasteiger partial charge in [0.25, 0.3) is 0 Å². The molecule has 2 heteroatoms. The molecule has 1 atom stereocenters. The molecule has 1 aromatic carbocycles. The van der Waals surface area contributed by atoms with Crippen LogP contribution in [0.3, 0.4) is 0 Å². The van der Waals surface area contributed by atoms with E-state index in [1.807, 2.05) is 24.3 Å². The lowest BCUT2D eigenvalue weighted by molar-refractivity contribution is 0.0992. The lowest BCUT2D eigenvalue weighted by Gasteiger charge is -2.03. The number of carbonyl (C=O) groups is 1. The topological polar surface area (TPSA) is 17.1 Å². The van der Waals surface area contributed by atoms with Crippen molar-refractivity contribution in [3.8, 4) is 0 Å². The van der Waals surface area contributed by atoms with Crippen LogP contribution in [0.1, 0.15) is 36.2 Å². The zero-order valence-electron chi connectivity index (χ0n) is 8.59. The number of hydrogen-bond acceptors (Lipinski definition) is 1. The summed E-state index contributed by atoms with van der Waals surface area (Å²) < 4.78 is 0. The highest BCUT2D eigenvalue weighted by molar-refractivity contribution is 6.33. The second-order valence-electron chi connectivity index (χ2n) is 3.43. The van der Waals surface area contributed by atoms with E-state index < -0.39 is 5.38 Å². The van der Waals surface area contributed by atoms with Crippen molar-refractivity contribution in [2.75, 3.05) is 0 Å². The standard InChI is InChI=1S/C12H15ClO/c1-3-4-10-5-7-11(8-6-10)12(14)9(2)13/h5-9H,3-4H2,1-2H3/t9-/m1/s1. The van der Waals surface area contributed by atoms with Gasteiger partial charge in [0.05, 0.1) is 5.38 Å². The van der Waals surface area contributed by atoms with Crippen molar-refractivity contribution >= 4 is 17.4 Å². The fourth-order valence-electron chi connectivity index (χ4n) is 1.35. The van der Waals surface area contributed by atoms with Crippen LogP contribution in [0.15, 0.2) is 24.3 Å². The van der Waals surface area contributed by atoms with Gasteiger partial charge < -0.3 is 0 Å². The number of carbonyl (C=O) groups excluding carboxylic acids is 1. The van der Waals surface area contributed by atoms with Crippen molar-refractivity contribution in [3.05, 3.63) is 35.4 Å². The minimum atomic E-state index is -0.438. The molecule has 0 fully saturated rings. The summed E-state index contributed by atoms with van der Waals surface area (Å²) in [6.45, 7) is 3.84. The Bertz CT molecular complexity index is 301. The first-order chi connectivity index (χ1) is 6.65. The smallest absolute Gasteiger partial charge is 0.180 e. The zero-order chi connectivity index (χ0) is 10.6. The lowest BCUT2D eigenvalue weighted by atomic mass is 10.0. The number of aryl methyl sites for hydroxylation is 1. The molecule has 0 aliphatic carbocycles. The molecule has 0 aliphatic rings. The van der Waals surface area contributed by atoms with Crippen LogP contribution in [0.2, 0.25) is 0 Å². The quantitative estimate of drug-likeness (QED) is 0.550. The molecule has 0 unspecified atom stereocenters. The van der Waals surface area contributed by atoms with E-state index in [-0.39, 0.29) is 5.78 Å². The number of rotatable bonds is 4. The monoisotopic (exact) mass is 210 g/mol. The molecule has 0 bridgehead atoms. The summed E-state index contributed by atoms with van der Waals surface area (Å²) in [4.78, 5) is 11.5. The molecule has 0 aromatic heterocycles. The van der Waals surface area contributed by atoms with Crippen LogP contribution in [0.5, 0.6) is 0 Å². The third kappa shape index (κ3) is 2.85. The Hall–Kier alpha value is -0.820. The van der Waals surface area contributed by atoms with E-state index >= 15 is 0 Å². The van der Waals surface area contributed by atoms with Gasteiger partial charge in [-0.2, -0.15) is 0 Å². The molecule has 14 heavy (non-hydrogen) atoms. The molecule has 0 N–H and O–H groups in total. The summed E-state index contributed by atoms with van der Waals surface area (Å²) in [6.07, 6.45) is 2.18. The van der Waals surface area contributed by atoms with Gasteiger partial charge in [0, 0.05) is 5.56 Å². The van der Waals surface area contributed by atoms with E-state index in [0.29, 0.717) is 5.56 Å². The summed E-state index contributed by atoms with van der Waals surface area (Å²) in [6, 6.07) is 7.70. The molecule has 1 nitrogen and oxygen atoms in total. The second kappa shape index (κ2) is 5.16. The highest BCUT2D eigenvalue weighted by atomic mass is 35.5. The molecule has 1 rings (SSSR count). The average molecular weight is 211 g/mol. The van der Waals surface area contributed by atoms with Gasteiger partial charge >= 0.3 is 0 Å². The van der Waals surface area contributed by atoms with Crippen molar-refractivity contribution in [3.63, 3.8) is 0 Å². The van der Waals surface area contributed by atoms with Crippen LogP contribution >= 0.6 is 11.6 Å². The highest BCUT2D eigenvalue weighted by Gasteiger charge is 2.11. The Morgan fingerprint density at radius 2 is 1.93 bits per heavy atom. The van der Waals surface area contributed by atoms with Crippen LogP contribution in [0, 0.1) is 0 Å². The Balaban J connectivity index is 2.78. The number of benzene rings is 1. The second-order valence-corrected chi connectivity index (χ2v) is 4.08. The molecule has 76 valence electrons. The first kappa shape index (κ1) is 11.3. The normalized spacial score (nSPS) is 12.5. The largest absolute Gasteiger partial charge is 0.293 e. The fourth-order valence-corrected chi connectivity index (χ4v) is 1.48. The summed E-state index contributed by atoms with van der Waals surface area (Å²) >= 11 is 5.71. The SMILES string of the molecule is CCCc1ccc(C(=O)[C@@H](C)Cl)cc1. The van der Waals surface area contributed by atoms with Crippen LogP contribution in [-0.4, -0.2) is 11.2 Å². The number of alkyl halides is 1. The number of Topliss-reactive ketones (excluding diaryl/α,β-unsaturated/α-hetero) is 1. The molecular formula is C12H15ClO. The number of halogens is 1. The maximum atomic E-state index is 11.5. The van der Waals surface area contributed by atoms with Crippen molar-refractivity contribution in [1.29, 1.82) is 0 Å². The summed E-state index contributed by atoms with van der Waals surface area (Å²) in [5.41, 5.74) is 1.97. The molecule has 0 radical (unpaired) electrons. The van der Waals surface area contributed by atoms with Crippen molar-refractivity contribution < 1.29 is 4.79 Å². The molecular weight excluding hydrogens is 196 g/mol. The van der Waals surface area contributed by atoms with Gasteiger partial charge in [0.2, 0.25) is 0 Å².